The van der Waals surface area contributed by atoms with Gasteiger partial charge in [-0.05, 0) is 55.3 Å². The fourth-order valence-corrected chi connectivity index (χ4v) is 4.53. The molecule has 150 valence electrons. The van der Waals surface area contributed by atoms with Crippen LogP contribution in [0.2, 0.25) is 10.0 Å². The zero-order valence-electron chi connectivity index (χ0n) is 15.4. The van der Waals surface area contributed by atoms with Crippen molar-refractivity contribution in [2.24, 2.45) is 0 Å². The molecular formula is C19H21Cl2N3O3S. The van der Waals surface area contributed by atoms with E-state index < -0.39 is 15.9 Å². The molecule has 1 fully saturated rings. The largest absolute Gasteiger partial charge is 0.370 e. The fraction of sp³-hybridized carbons (Fsp3) is 0.316. The van der Waals surface area contributed by atoms with Crippen LogP contribution in [0.4, 0.5) is 11.4 Å². The van der Waals surface area contributed by atoms with E-state index in [-0.39, 0.29) is 11.4 Å². The Balaban J connectivity index is 1.73. The summed E-state index contributed by atoms with van der Waals surface area (Å²) in [5.41, 5.74) is 1.47. The van der Waals surface area contributed by atoms with Gasteiger partial charge in [0.15, 0.2) is 0 Å². The van der Waals surface area contributed by atoms with Gasteiger partial charge in [-0.1, -0.05) is 23.2 Å². The fourth-order valence-electron chi connectivity index (χ4n) is 3.11. The Morgan fingerprint density at radius 2 is 1.68 bits per heavy atom. The molecule has 0 radical (unpaired) electrons. The number of rotatable bonds is 6. The molecule has 0 atom stereocenters. The van der Waals surface area contributed by atoms with Crippen LogP contribution in [0.1, 0.15) is 12.8 Å². The van der Waals surface area contributed by atoms with Gasteiger partial charge in [0, 0.05) is 30.2 Å². The molecule has 1 heterocycles. The molecule has 0 aromatic heterocycles. The second kappa shape index (κ2) is 8.69. The quantitative estimate of drug-likeness (QED) is 0.738. The normalized spacial score (nSPS) is 14.5. The first-order valence-corrected chi connectivity index (χ1v) is 11.0. The molecule has 3 rings (SSSR count). The van der Waals surface area contributed by atoms with Crippen LogP contribution in [0.3, 0.4) is 0 Å². The number of carbonyl (C=O) groups is 1. The summed E-state index contributed by atoms with van der Waals surface area (Å²) in [6, 6.07) is 11.1. The lowest BCUT2D eigenvalue weighted by Gasteiger charge is -2.23. The minimum atomic E-state index is -3.80. The Labute approximate surface area is 175 Å². The van der Waals surface area contributed by atoms with Crippen molar-refractivity contribution in [3.63, 3.8) is 0 Å². The smallest absolute Gasteiger partial charge is 0.243 e. The van der Waals surface area contributed by atoms with Crippen molar-refractivity contribution in [1.29, 1.82) is 0 Å². The number of benzene rings is 2. The van der Waals surface area contributed by atoms with Crippen molar-refractivity contribution in [3.8, 4) is 0 Å². The van der Waals surface area contributed by atoms with Crippen LogP contribution in [0.15, 0.2) is 47.4 Å². The van der Waals surface area contributed by atoms with E-state index in [0.29, 0.717) is 15.7 Å². The number of nitrogens with zero attached hydrogens (tertiary/aromatic N) is 2. The number of sulfonamides is 1. The average Bonchev–Trinajstić information content (AvgIpc) is 3.16. The average molecular weight is 442 g/mol. The molecular weight excluding hydrogens is 421 g/mol. The zero-order chi connectivity index (χ0) is 20.3. The molecule has 0 aliphatic carbocycles. The third-order valence-electron chi connectivity index (χ3n) is 4.57. The highest BCUT2D eigenvalue weighted by Crippen LogP contribution is 2.31. The van der Waals surface area contributed by atoms with Gasteiger partial charge in [-0.15, -0.1) is 0 Å². The number of likely N-dealkylation sites (N-methyl/N-ethyl adjacent to an activating group) is 1. The molecule has 1 saturated heterocycles. The van der Waals surface area contributed by atoms with Crippen LogP contribution >= 0.6 is 23.2 Å². The van der Waals surface area contributed by atoms with Crippen molar-refractivity contribution in [2.75, 3.05) is 36.9 Å². The number of anilines is 2. The lowest BCUT2D eigenvalue weighted by Crippen LogP contribution is -2.35. The van der Waals surface area contributed by atoms with Crippen molar-refractivity contribution in [3.05, 3.63) is 52.5 Å². The Kier molecular flexibility index (Phi) is 6.50. The molecule has 6 nitrogen and oxygen atoms in total. The third kappa shape index (κ3) is 4.78. The highest BCUT2D eigenvalue weighted by atomic mass is 35.5. The minimum absolute atomic E-state index is 0.0766. The third-order valence-corrected chi connectivity index (χ3v) is 6.87. The Morgan fingerprint density at radius 1 is 1.07 bits per heavy atom. The molecule has 2 aromatic rings. The van der Waals surface area contributed by atoms with E-state index in [1.54, 1.807) is 12.1 Å². The molecule has 0 unspecified atom stereocenters. The summed E-state index contributed by atoms with van der Waals surface area (Å²) >= 11 is 11.9. The van der Waals surface area contributed by atoms with Crippen LogP contribution in [-0.2, 0) is 14.8 Å². The van der Waals surface area contributed by atoms with E-state index in [4.69, 9.17) is 23.2 Å². The van der Waals surface area contributed by atoms with Crippen molar-refractivity contribution < 1.29 is 13.2 Å². The molecule has 28 heavy (non-hydrogen) atoms. The van der Waals surface area contributed by atoms with Gasteiger partial charge >= 0.3 is 0 Å². The van der Waals surface area contributed by atoms with E-state index in [0.717, 1.165) is 35.9 Å². The summed E-state index contributed by atoms with van der Waals surface area (Å²) in [5.74, 6) is -0.442. The van der Waals surface area contributed by atoms with Gasteiger partial charge in [0.25, 0.3) is 0 Å². The summed E-state index contributed by atoms with van der Waals surface area (Å²) in [7, 11) is -2.44. The predicted octanol–water partition coefficient (Wildman–Crippen LogP) is 3.85. The first-order chi connectivity index (χ1) is 13.3. The number of amides is 1. The maximum Gasteiger partial charge on any atom is 0.243 e. The summed E-state index contributed by atoms with van der Waals surface area (Å²) in [6.45, 7) is 1.50. The van der Waals surface area contributed by atoms with E-state index in [1.807, 2.05) is 6.07 Å². The Bertz CT molecular complexity index is 959. The minimum Gasteiger partial charge on any atom is -0.370 e. The molecule has 2 aromatic carbocycles. The number of halogens is 2. The van der Waals surface area contributed by atoms with Crippen LogP contribution in [-0.4, -0.2) is 45.3 Å². The van der Waals surface area contributed by atoms with Crippen LogP contribution in [0, 0.1) is 0 Å². The summed E-state index contributed by atoms with van der Waals surface area (Å²) in [6.07, 6.45) is 2.19. The van der Waals surface area contributed by atoms with Crippen LogP contribution < -0.4 is 10.2 Å². The monoisotopic (exact) mass is 441 g/mol. The van der Waals surface area contributed by atoms with Gasteiger partial charge in [-0.25, -0.2) is 8.42 Å². The first-order valence-electron chi connectivity index (χ1n) is 8.83. The van der Waals surface area contributed by atoms with Gasteiger partial charge in [0.1, 0.15) is 0 Å². The zero-order valence-corrected chi connectivity index (χ0v) is 17.7. The van der Waals surface area contributed by atoms with E-state index >= 15 is 0 Å². The number of nitrogens with one attached hydrogen (secondary N) is 1. The highest BCUT2D eigenvalue weighted by Gasteiger charge is 2.24. The highest BCUT2D eigenvalue weighted by molar-refractivity contribution is 7.89. The number of carbonyl (C=O) groups excluding carboxylic acids is 1. The lowest BCUT2D eigenvalue weighted by molar-refractivity contribution is -0.116. The first kappa shape index (κ1) is 20.9. The van der Waals surface area contributed by atoms with Crippen molar-refractivity contribution in [2.45, 2.75) is 17.7 Å². The van der Waals surface area contributed by atoms with Gasteiger partial charge in [-0.2, -0.15) is 4.31 Å². The lowest BCUT2D eigenvalue weighted by atomic mass is 10.2. The van der Waals surface area contributed by atoms with Crippen molar-refractivity contribution in [1.82, 2.24) is 4.31 Å². The van der Waals surface area contributed by atoms with E-state index in [1.165, 1.54) is 31.3 Å². The van der Waals surface area contributed by atoms with Crippen LogP contribution in [0.25, 0.3) is 0 Å². The topological polar surface area (TPSA) is 69.7 Å². The van der Waals surface area contributed by atoms with Crippen molar-refractivity contribution >= 4 is 50.5 Å². The van der Waals surface area contributed by atoms with Gasteiger partial charge in [0.05, 0.1) is 22.8 Å². The maximum atomic E-state index is 12.6. The molecule has 1 N–H and O–H groups in total. The molecule has 0 bridgehead atoms. The molecule has 0 spiro atoms. The molecule has 1 amide bonds. The standard InChI is InChI=1S/C19H21Cl2N3O3S/c1-23(28(26,27)16-7-4-14(20)5-8-16)13-19(25)22-17-12-15(21)6-9-18(17)24-10-2-3-11-24/h4-9,12H,2-3,10-11,13H2,1H3,(H,22,25). The second-order valence-electron chi connectivity index (χ2n) is 6.62. The summed E-state index contributed by atoms with van der Waals surface area (Å²) in [5, 5.41) is 3.74. The molecule has 1 aliphatic heterocycles. The Morgan fingerprint density at radius 3 is 2.32 bits per heavy atom. The second-order valence-corrected chi connectivity index (χ2v) is 9.54. The molecule has 0 saturated carbocycles. The predicted molar refractivity (Wildman–Crippen MR) is 113 cm³/mol. The van der Waals surface area contributed by atoms with Gasteiger partial charge < -0.3 is 10.2 Å². The van der Waals surface area contributed by atoms with Gasteiger partial charge in [-0.3, -0.25) is 4.79 Å². The summed E-state index contributed by atoms with van der Waals surface area (Å²) < 4.78 is 26.3. The number of hydrogen-bond acceptors (Lipinski definition) is 4. The van der Waals surface area contributed by atoms with E-state index in [9.17, 15) is 13.2 Å². The number of hydrogen-bond donors (Lipinski definition) is 1. The maximum absolute atomic E-state index is 12.6. The van der Waals surface area contributed by atoms with Crippen LogP contribution in [0.5, 0.6) is 0 Å². The SMILES string of the molecule is CN(CC(=O)Nc1cc(Cl)ccc1N1CCCC1)S(=O)(=O)c1ccc(Cl)cc1. The van der Waals surface area contributed by atoms with Gasteiger partial charge in [0.2, 0.25) is 15.9 Å². The van der Waals surface area contributed by atoms with E-state index in [2.05, 4.69) is 10.2 Å². The molecule has 1 aliphatic rings. The Hall–Kier alpha value is -1.80. The summed E-state index contributed by atoms with van der Waals surface area (Å²) in [4.78, 5) is 14.8. The molecule has 9 heteroatoms.